The van der Waals surface area contributed by atoms with E-state index in [-0.39, 0.29) is 25.8 Å². The van der Waals surface area contributed by atoms with E-state index >= 15 is 0 Å². The van der Waals surface area contributed by atoms with Gasteiger partial charge in [0.1, 0.15) is 18.6 Å². The molecule has 0 saturated carbocycles. The molecule has 94 valence electrons. The fraction of sp³-hybridized carbons (Fsp3) is 0.385. The van der Waals surface area contributed by atoms with Crippen molar-refractivity contribution in [1.29, 1.82) is 0 Å². The maximum Gasteiger partial charge on any atom is 0.313 e. The number of carbonyl (C=O) groups excluding carboxylic acids is 2. The molecular formula is C13H13NO4. The Kier molecular flexibility index (Phi) is 4.23. The molecule has 1 aliphatic rings. The van der Waals surface area contributed by atoms with E-state index in [2.05, 4.69) is 4.99 Å². The average Bonchev–Trinajstić information content (AvgIpc) is 2.86. The molecule has 1 aliphatic heterocycles. The predicted molar refractivity (Wildman–Crippen MR) is 62.5 cm³/mol. The summed E-state index contributed by atoms with van der Waals surface area (Å²) in [6.45, 7) is 0.720. The van der Waals surface area contributed by atoms with E-state index in [1.54, 1.807) is 0 Å². The van der Waals surface area contributed by atoms with Gasteiger partial charge in [0.2, 0.25) is 6.08 Å². The fourth-order valence-corrected chi connectivity index (χ4v) is 1.80. The highest BCUT2D eigenvalue weighted by molar-refractivity contribution is 5.74. The Morgan fingerprint density at radius 2 is 2.17 bits per heavy atom. The van der Waals surface area contributed by atoms with Gasteiger partial charge in [0.05, 0.1) is 13.2 Å². The summed E-state index contributed by atoms with van der Waals surface area (Å²) >= 11 is 0. The smallest absolute Gasteiger partial charge is 0.313 e. The molecule has 2 unspecified atom stereocenters. The first-order valence-corrected chi connectivity index (χ1v) is 5.66. The molecule has 1 aromatic rings. The minimum absolute atomic E-state index is 0.216. The molecule has 0 aromatic heterocycles. The zero-order valence-electron chi connectivity index (χ0n) is 9.74. The molecule has 1 saturated heterocycles. The minimum atomic E-state index is -0.504. The second kappa shape index (κ2) is 6.10. The number of ether oxygens (including phenoxy) is 2. The Morgan fingerprint density at radius 3 is 2.89 bits per heavy atom. The van der Waals surface area contributed by atoms with Crippen molar-refractivity contribution in [2.24, 2.45) is 10.9 Å². The van der Waals surface area contributed by atoms with Gasteiger partial charge in [0.15, 0.2) is 0 Å². The Labute approximate surface area is 104 Å². The first-order chi connectivity index (χ1) is 8.81. The average molecular weight is 247 g/mol. The third kappa shape index (κ3) is 3.03. The lowest BCUT2D eigenvalue weighted by molar-refractivity contribution is -0.150. The molecule has 0 bridgehead atoms. The predicted octanol–water partition coefficient (Wildman–Crippen LogP) is 1.08. The van der Waals surface area contributed by atoms with Gasteiger partial charge < -0.3 is 9.47 Å². The molecule has 1 heterocycles. The van der Waals surface area contributed by atoms with Crippen LogP contribution in [0.1, 0.15) is 5.56 Å². The number of aliphatic imine (C=N–C) groups is 1. The maximum atomic E-state index is 11.8. The molecule has 0 aliphatic carbocycles. The van der Waals surface area contributed by atoms with Gasteiger partial charge in [0, 0.05) is 0 Å². The Balaban J connectivity index is 1.90. The second-order valence-electron chi connectivity index (χ2n) is 4.02. The van der Waals surface area contributed by atoms with Crippen LogP contribution in [0.3, 0.4) is 0 Å². The number of carbonyl (C=O) groups is 1. The summed E-state index contributed by atoms with van der Waals surface area (Å²) in [6.07, 6.45) is 1.46. The second-order valence-corrected chi connectivity index (χ2v) is 4.02. The summed E-state index contributed by atoms with van der Waals surface area (Å²) in [5.41, 5.74) is 0.917. The number of nitrogens with zero attached hydrogens (tertiary/aromatic N) is 1. The van der Waals surface area contributed by atoms with Crippen LogP contribution in [-0.2, 0) is 25.7 Å². The quantitative estimate of drug-likeness (QED) is 0.453. The number of isocyanates is 1. The molecule has 0 radical (unpaired) electrons. The molecule has 0 amide bonds. The molecule has 2 atom stereocenters. The van der Waals surface area contributed by atoms with Crippen molar-refractivity contribution in [2.75, 3.05) is 13.2 Å². The van der Waals surface area contributed by atoms with Gasteiger partial charge in [-0.25, -0.2) is 4.79 Å². The lowest BCUT2D eigenvalue weighted by atomic mass is 10.1. The first-order valence-electron chi connectivity index (χ1n) is 5.66. The van der Waals surface area contributed by atoms with Crippen molar-refractivity contribution in [3.05, 3.63) is 35.9 Å². The van der Waals surface area contributed by atoms with Crippen LogP contribution in [0.25, 0.3) is 0 Å². The lowest BCUT2D eigenvalue weighted by Crippen LogP contribution is -2.27. The lowest BCUT2D eigenvalue weighted by Gasteiger charge is -2.11. The summed E-state index contributed by atoms with van der Waals surface area (Å²) in [7, 11) is 0. The zero-order chi connectivity index (χ0) is 12.8. The van der Waals surface area contributed by atoms with Crippen molar-refractivity contribution in [1.82, 2.24) is 0 Å². The normalized spacial score (nSPS) is 22.2. The number of rotatable bonds is 4. The highest BCUT2D eigenvalue weighted by atomic mass is 16.5. The Morgan fingerprint density at radius 1 is 1.39 bits per heavy atom. The van der Waals surface area contributed by atoms with E-state index in [0.717, 1.165) is 5.56 Å². The van der Waals surface area contributed by atoms with Crippen molar-refractivity contribution < 1.29 is 19.1 Å². The number of benzene rings is 1. The SMILES string of the molecule is O=C=NC1COCC1C(=O)OCc1ccccc1. The molecular weight excluding hydrogens is 234 g/mol. The third-order valence-electron chi connectivity index (χ3n) is 2.80. The molecule has 5 nitrogen and oxygen atoms in total. The van der Waals surface area contributed by atoms with E-state index in [0.29, 0.717) is 0 Å². The third-order valence-corrected chi connectivity index (χ3v) is 2.80. The van der Waals surface area contributed by atoms with E-state index in [1.165, 1.54) is 6.08 Å². The Bertz CT molecular complexity index is 453. The summed E-state index contributed by atoms with van der Waals surface area (Å²) in [5.74, 6) is -0.893. The standard InChI is InChI=1S/C13H13NO4/c15-9-14-12-8-17-7-11(12)13(16)18-6-10-4-2-1-3-5-10/h1-5,11-12H,6-8H2. The number of esters is 1. The molecule has 0 spiro atoms. The topological polar surface area (TPSA) is 65.0 Å². The van der Waals surface area contributed by atoms with Gasteiger partial charge >= 0.3 is 5.97 Å². The molecule has 1 fully saturated rings. The van der Waals surface area contributed by atoms with Gasteiger partial charge in [0.25, 0.3) is 0 Å². The van der Waals surface area contributed by atoms with Crippen LogP contribution < -0.4 is 0 Å². The molecule has 1 aromatic carbocycles. The van der Waals surface area contributed by atoms with Crippen LogP contribution in [0, 0.1) is 5.92 Å². The Hall–Kier alpha value is -1.97. The highest BCUT2D eigenvalue weighted by Crippen LogP contribution is 2.18. The van der Waals surface area contributed by atoms with Crippen LogP contribution in [-0.4, -0.2) is 31.3 Å². The van der Waals surface area contributed by atoms with Gasteiger partial charge in [-0.1, -0.05) is 30.3 Å². The minimum Gasteiger partial charge on any atom is -0.460 e. The summed E-state index contributed by atoms with van der Waals surface area (Å²) in [4.78, 5) is 25.6. The van der Waals surface area contributed by atoms with Gasteiger partial charge in [-0.05, 0) is 5.56 Å². The van der Waals surface area contributed by atoms with E-state index < -0.39 is 12.0 Å². The van der Waals surface area contributed by atoms with Crippen molar-refractivity contribution in [3.8, 4) is 0 Å². The zero-order valence-corrected chi connectivity index (χ0v) is 9.74. The van der Waals surface area contributed by atoms with E-state index in [1.807, 2.05) is 30.3 Å². The summed E-state index contributed by atoms with van der Waals surface area (Å²) in [5, 5.41) is 0. The van der Waals surface area contributed by atoms with Gasteiger partial charge in [-0.15, -0.1) is 0 Å². The molecule has 18 heavy (non-hydrogen) atoms. The van der Waals surface area contributed by atoms with Gasteiger partial charge in [-0.2, -0.15) is 4.99 Å². The largest absolute Gasteiger partial charge is 0.460 e. The summed E-state index contributed by atoms with van der Waals surface area (Å²) < 4.78 is 10.3. The van der Waals surface area contributed by atoms with E-state index in [4.69, 9.17) is 9.47 Å². The molecule has 5 heteroatoms. The number of hydrogen-bond acceptors (Lipinski definition) is 5. The van der Waals surface area contributed by atoms with Gasteiger partial charge in [-0.3, -0.25) is 4.79 Å². The monoisotopic (exact) mass is 247 g/mol. The van der Waals surface area contributed by atoms with E-state index in [9.17, 15) is 9.59 Å². The van der Waals surface area contributed by atoms with Crippen molar-refractivity contribution in [3.63, 3.8) is 0 Å². The first kappa shape index (κ1) is 12.5. The van der Waals surface area contributed by atoms with Crippen LogP contribution in [0.4, 0.5) is 0 Å². The van der Waals surface area contributed by atoms with Crippen LogP contribution in [0.2, 0.25) is 0 Å². The fourth-order valence-electron chi connectivity index (χ4n) is 1.80. The molecule has 2 rings (SSSR count). The highest BCUT2D eigenvalue weighted by Gasteiger charge is 2.35. The van der Waals surface area contributed by atoms with Crippen molar-refractivity contribution in [2.45, 2.75) is 12.6 Å². The maximum absolute atomic E-state index is 11.8. The van der Waals surface area contributed by atoms with Crippen LogP contribution in [0.15, 0.2) is 35.3 Å². The molecule has 0 N–H and O–H groups in total. The van der Waals surface area contributed by atoms with Crippen LogP contribution >= 0.6 is 0 Å². The summed E-state index contributed by atoms with van der Waals surface area (Å²) in [6, 6.07) is 8.93. The van der Waals surface area contributed by atoms with Crippen LogP contribution in [0.5, 0.6) is 0 Å². The number of hydrogen-bond donors (Lipinski definition) is 0. The van der Waals surface area contributed by atoms with Crippen molar-refractivity contribution >= 4 is 12.0 Å².